The summed E-state index contributed by atoms with van der Waals surface area (Å²) in [5, 5.41) is 0. The summed E-state index contributed by atoms with van der Waals surface area (Å²) in [6.45, 7) is 17.0. The standard InChI is InChI=1S/C21H35NO/c1-7-21(5,6)20-10-8-19(9-11-20)12-16(2)13-22-14-17(3)23-18(4)15-22/h8-11,16-18H,7,12-15H2,1-6H3/t16?,17-,18?/m1/s1. The van der Waals surface area contributed by atoms with E-state index in [1.54, 1.807) is 0 Å². The molecule has 0 spiro atoms. The number of benzene rings is 1. The largest absolute Gasteiger partial charge is 0.373 e. The Bertz CT molecular complexity index is 469. The van der Waals surface area contributed by atoms with E-state index in [2.05, 4.69) is 70.7 Å². The van der Waals surface area contributed by atoms with Crippen LogP contribution in [-0.2, 0) is 16.6 Å². The SMILES string of the molecule is CCC(C)(C)c1ccc(CC(C)CN2CC(C)O[C@H](C)C2)cc1. The molecule has 0 amide bonds. The molecule has 1 saturated heterocycles. The van der Waals surface area contributed by atoms with Gasteiger partial charge in [0.1, 0.15) is 0 Å². The molecule has 130 valence electrons. The first-order valence-corrected chi connectivity index (χ1v) is 9.27. The van der Waals surface area contributed by atoms with Gasteiger partial charge in [-0.2, -0.15) is 0 Å². The van der Waals surface area contributed by atoms with E-state index in [1.807, 2.05) is 0 Å². The van der Waals surface area contributed by atoms with Crippen LogP contribution in [-0.4, -0.2) is 36.7 Å². The van der Waals surface area contributed by atoms with Crippen molar-refractivity contribution in [2.24, 2.45) is 5.92 Å². The van der Waals surface area contributed by atoms with Gasteiger partial charge in [0.05, 0.1) is 12.2 Å². The summed E-state index contributed by atoms with van der Waals surface area (Å²) in [5.41, 5.74) is 3.19. The number of nitrogens with zero attached hydrogens (tertiary/aromatic N) is 1. The quantitative estimate of drug-likeness (QED) is 0.756. The first-order valence-electron chi connectivity index (χ1n) is 9.27. The molecule has 1 fully saturated rings. The summed E-state index contributed by atoms with van der Waals surface area (Å²) >= 11 is 0. The van der Waals surface area contributed by atoms with Gasteiger partial charge in [-0.25, -0.2) is 0 Å². The van der Waals surface area contributed by atoms with E-state index < -0.39 is 0 Å². The Labute approximate surface area is 143 Å². The molecule has 1 aliphatic heterocycles. The number of ether oxygens (including phenoxy) is 1. The van der Waals surface area contributed by atoms with E-state index in [4.69, 9.17) is 4.74 Å². The van der Waals surface area contributed by atoms with Gasteiger partial charge in [0, 0.05) is 19.6 Å². The van der Waals surface area contributed by atoms with Gasteiger partial charge in [0.25, 0.3) is 0 Å². The van der Waals surface area contributed by atoms with Crippen molar-refractivity contribution in [3.05, 3.63) is 35.4 Å². The molecule has 1 aromatic carbocycles. The molecule has 1 aromatic rings. The monoisotopic (exact) mass is 317 g/mol. The molecular formula is C21H35NO. The number of hydrogen-bond acceptors (Lipinski definition) is 2. The summed E-state index contributed by atoms with van der Waals surface area (Å²) < 4.78 is 5.83. The second kappa shape index (κ2) is 7.81. The van der Waals surface area contributed by atoms with Gasteiger partial charge < -0.3 is 4.74 Å². The first-order chi connectivity index (χ1) is 10.8. The highest BCUT2D eigenvalue weighted by molar-refractivity contribution is 5.28. The fourth-order valence-electron chi connectivity index (χ4n) is 3.64. The van der Waals surface area contributed by atoms with Crippen molar-refractivity contribution in [2.75, 3.05) is 19.6 Å². The maximum absolute atomic E-state index is 5.83. The molecular weight excluding hydrogens is 282 g/mol. The predicted molar refractivity (Wildman–Crippen MR) is 99.1 cm³/mol. The summed E-state index contributed by atoms with van der Waals surface area (Å²) in [5.74, 6) is 0.678. The van der Waals surface area contributed by atoms with Crippen LogP contribution in [0.4, 0.5) is 0 Å². The van der Waals surface area contributed by atoms with Gasteiger partial charge >= 0.3 is 0 Å². The van der Waals surface area contributed by atoms with E-state index in [0.717, 1.165) is 19.5 Å². The molecule has 2 rings (SSSR count). The molecule has 1 aliphatic rings. The molecule has 2 unspecified atom stereocenters. The van der Waals surface area contributed by atoms with Gasteiger partial charge in [-0.15, -0.1) is 0 Å². The van der Waals surface area contributed by atoms with Gasteiger partial charge in [0.2, 0.25) is 0 Å². The fourth-order valence-corrected chi connectivity index (χ4v) is 3.64. The minimum absolute atomic E-state index is 0.282. The van der Waals surface area contributed by atoms with Crippen molar-refractivity contribution in [3.63, 3.8) is 0 Å². The van der Waals surface area contributed by atoms with E-state index >= 15 is 0 Å². The molecule has 2 nitrogen and oxygen atoms in total. The summed E-state index contributed by atoms with van der Waals surface area (Å²) in [4.78, 5) is 2.57. The summed E-state index contributed by atoms with van der Waals surface area (Å²) in [7, 11) is 0. The Kier molecular flexibility index (Phi) is 6.27. The van der Waals surface area contributed by atoms with E-state index in [1.165, 1.54) is 24.1 Å². The van der Waals surface area contributed by atoms with Crippen LogP contribution >= 0.6 is 0 Å². The lowest BCUT2D eigenvalue weighted by Crippen LogP contribution is -2.47. The van der Waals surface area contributed by atoms with Crippen LogP contribution in [0.15, 0.2) is 24.3 Å². The summed E-state index contributed by atoms with van der Waals surface area (Å²) in [6, 6.07) is 9.30. The normalized spacial score (nSPS) is 24.6. The average Bonchev–Trinajstić information content (AvgIpc) is 2.46. The van der Waals surface area contributed by atoms with Crippen LogP contribution in [0, 0.1) is 5.92 Å². The zero-order valence-electron chi connectivity index (χ0n) is 15.9. The lowest BCUT2D eigenvalue weighted by atomic mass is 9.82. The fraction of sp³-hybridized carbons (Fsp3) is 0.714. The van der Waals surface area contributed by atoms with Crippen LogP contribution < -0.4 is 0 Å². The van der Waals surface area contributed by atoms with Crippen LogP contribution in [0.2, 0.25) is 0 Å². The van der Waals surface area contributed by atoms with Crippen molar-refractivity contribution >= 4 is 0 Å². The highest BCUT2D eigenvalue weighted by Gasteiger charge is 2.23. The molecule has 23 heavy (non-hydrogen) atoms. The second-order valence-corrected chi connectivity index (χ2v) is 8.22. The van der Waals surface area contributed by atoms with Crippen molar-refractivity contribution < 1.29 is 4.74 Å². The zero-order valence-corrected chi connectivity index (χ0v) is 15.9. The third-order valence-corrected chi connectivity index (χ3v) is 5.27. The molecule has 0 aromatic heterocycles. The lowest BCUT2D eigenvalue weighted by molar-refractivity contribution is -0.0708. The highest BCUT2D eigenvalue weighted by Crippen LogP contribution is 2.27. The van der Waals surface area contributed by atoms with E-state index in [9.17, 15) is 0 Å². The molecule has 2 heteroatoms. The van der Waals surface area contributed by atoms with Gasteiger partial charge in [-0.05, 0) is 49.1 Å². The van der Waals surface area contributed by atoms with Crippen LogP contribution in [0.25, 0.3) is 0 Å². The Balaban J connectivity index is 1.89. The maximum atomic E-state index is 5.83. The minimum atomic E-state index is 0.282. The van der Waals surface area contributed by atoms with Gasteiger partial charge in [-0.1, -0.05) is 52.0 Å². The number of rotatable bonds is 6. The summed E-state index contributed by atoms with van der Waals surface area (Å²) in [6.07, 6.45) is 3.06. The van der Waals surface area contributed by atoms with Crippen LogP contribution in [0.5, 0.6) is 0 Å². The molecule has 1 heterocycles. The first kappa shape index (κ1) is 18.5. The average molecular weight is 318 g/mol. The minimum Gasteiger partial charge on any atom is -0.373 e. The van der Waals surface area contributed by atoms with Crippen molar-refractivity contribution in [1.82, 2.24) is 4.90 Å². The Hall–Kier alpha value is -0.860. The Morgan fingerprint density at radius 2 is 1.70 bits per heavy atom. The van der Waals surface area contributed by atoms with E-state index in [0.29, 0.717) is 18.1 Å². The predicted octanol–water partition coefficient (Wildman–Crippen LogP) is 4.66. The highest BCUT2D eigenvalue weighted by atomic mass is 16.5. The third-order valence-electron chi connectivity index (χ3n) is 5.27. The molecule has 0 N–H and O–H groups in total. The molecule has 0 radical (unpaired) electrons. The van der Waals surface area contributed by atoms with E-state index in [-0.39, 0.29) is 5.41 Å². The lowest BCUT2D eigenvalue weighted by Gasteiger charge is -2.36. The van der Waals surface area contributed by atoms with Crippen LogP contribution in [0.1, 0.15) is 59.1 Å². The van der Waals surface area contributed by atoms with Gasteiger partial charge in [0.15, 0.2) is 0 Å². The second-order valence-electron chi connectivity index (χ2n) is 8.22. The van der Waals surface area contributed by atoms with Crippen LogP contribution in [0.3, 0.4) is 0 Å². The number of morpholine rings is 1. The van der Waals surface area contributed by atoms with Gasteiger partial charge in [-0.3, -0.25) is 4.90 Å². The smallest absolute Gasteiger partial charge is 0.0678 e. The zero-order chi connectivity index (χ0) is 17.0. The number of hydrogen-bond donors (Lipinski definition) is 0. The molecule has 0 saturated carbocycles. The molecule has 0 aliphatic carbocycles. The maximum Gasteiger partial charge on any atom is 0.0678 e. The van der Waals surface area contributed by atoms with Crippen molar-refractivity contribution in [2.45, 2.75) is 72.0 Å². The third kappa shape index (κ3) is 5.32. The molecule has 0 bridgehead atoms. The topological polar surface area (TPSA) is 12.5 Å². The van der Waals surface area contributed by atoms with Crippen molar-refractivity contribution in [3.8, 4) is 0 Å². The Morgan fingerprint density at radius 3 is 2.22 bits per heavy atom. The Morgan fingerprint density at radius 1 is 1.13 bits per heavy atom. The van der Waals surface area contributed by atoms with Crippen molar-refractivity contribution in [1.29, 1.82) is 0 Å². The molecule has 3 atom stereocenters.